The second-order valence-corrected chi connectivity index (χ2v) is 5.84. The van der Waals surface area contributed by atoms with Crippen molar-refractivity contribution < 1.29 is 14.7 Å². The molecule has 0 aliphatic rings. The van der Waals surface area contributed by atoms with Gasteiger partial charge in [-0.1, -0.05) is 32.9 Å². The third-order valence-electron chi connectivity index (χ3n) is 2.17. The van der Waals surface area contributed by atoms with Crippen LogP contribution in [-0.4, -0.2) is 29.7 Å². The van der Waals surface area contributed by atoms with Crippen LogP contribution in [0.15, 0.2) is 12.2 Å². The van der Waals surface area contributed by atoms with Gasteiger partial charge in [-0.15, -0.1) is 0 Å². The highest BCUT2D eigenvalue weighted by atomic mass is 16.4. The first-order valence-corrected chi connectivity index (χ1v) is 6.00. The Kier molecular flexibility index (Phi) is 6.44. The van der Waals surface area contributed by atoms with Crippen molar-refractivity contribution >= 4 is 12.0 Å². The second kappa shape index (κ2) is 7.03. The highest BCUT2D eigenvalue weighted by Gasteiger charge is 2.22. The molecule has 0 aliphatic heterocycles. The normalized spacial score (nSPS) is 12.7. The summed E-state index contributed by atoms with van der Waals surface area (Å²) in [5.41, 5.74) is 0.803. The number of hydrogen-bond donors (Lipinski definition) is 3. The Hall–Kier alpha value is -1.52. The summed E-state index contributed by atoms with van der Waals surface area (Å²) in [5, 5.41) is 14.1. The van der Waals surface area contributed by atoms with E-state index in [0.717, 1.165) is 5.57 Å². The van der Waals surface area contributed by atoms with Crippen molar-refractivity contribution in [3.8, 4) is 0 Å². The summed E-state index contributed by atoms with van der Waals surface area (Å²) >= 11 is 0. The molecule has 104 valence electrons. The van der Waals surface area contributed by atoms with Crippen molar-refractivity contribution in [1.29, 1.82) is 0 Å². The molecule has 0 aromatic rings. The van der Waals surface area contributed by atoms with Gasteiger partial charge in [-0.3, -0.25) is 4.79 Å². The lowest BCUT2D eigenvalue weighted by Crippen LogP contribution is -2.44. The molecule has 1 unspecified atom stereocenters. The molecule has 5 nitrogen and oxygen atoms in total. The van der Waals surface area contributed by atoms with E-state index < -0.39 is 5.97 Å². The summed E-state index contributed by atoms with van der Waals surface area (Å²) in [5.74, 6) is -0.913. The van der Waals surface area contributed by atoms with E-state index >= 15 is 0 Å². The van der Waals surface area contributed by atoms with Gasteiger partial charge < -0.3 is 15.7 Å². The number of nitrogens with one attached hydrogen (secondary N) is 2. The monoisotopic (exact) mass is 256 g/mol. The third-order valence-corrected chi connectivity index (χ3v) is 2.17. The van der Waals surface area contributed by atoms with Crippen LogP contribution in [0.4, 0.5) is 4.79 Å². The maximum absolute atomic E-state index is 11.6. The first kappa shape index (κ1) is 16.5. The molecule has 0 radical (unpaired) electrons. The van der Waals surface area contributed by atoms with Crippen molar-refractivity contribution in [2.24, 2.45) is 5.41 Å². The molecule has 2 amide bonds. The molecule has 1 atom stereocenters. The summed E-state index contributed by atoms with van der Waals surface area (Å²) in [4.78, 5) is 22.3. The number of urea groups is 1. The molecule has 0 aliphatic carbocycles. The van der Waals surface area contributed by atoms with Gasteiger partial charge in [-0.05, 0) is 18.8 Å². The zero-order chi connectivity index (χ0) is 14.3. The van der Waals surface area contributed by atoms with E-state index in [1.54, 1.807) is 0 Å². The number of hydrogen-bond acceptors (Lipinski definition) is 2. The van der Waals surface area contributed by atoms with E-state index in [1.807, 2.05) is 27.7 Å². The average Bonchev–Trinajstić information content (AvgIpc) is 2.10. The van der Waals surface area contributed by atoms with E-state index in [2.05, 4.69) is 17.2 Å². The van der Waals surface area contributed by atoms with Crippen molar-refractivity contribution in [1.82, 2.24) is 10.6 Å². The van der Waals surface area contributed by atoms with Gasteiger partial charge in [0.1, 0.15) is 0 Å². The van der Waals surface area contributed by atoms with Crippen LogP contribution in [0.2, 0.25) is 0 Å². The van der Waals surface area contributed by atoms with E-state index in [0.29, 0.717) is 13.0 Å². The molecular weight excluding hydrogens is 232 g/mol. The number of carboxylic acid groups (broad SMARTS) is 1. The van der Waals surface area contributed by atoms with Crippen LogP contribution in [-0.2, 0) is 4.79 Å². The van der Waals surface area contributed by atoms with Gasteiger partial charge >= 0.3 is 12.0 Å². The standard InChI is InChI=1S/C13H24N2O3/c1-9(2)8-14-12(18)15-10(6-11(16)17)7-13(3,4)5/h10H,1,6-8H2,2-5H3,(H,16,17)(H2,14,15,18). The van der Waals surface area contributed by atoms with Gasteiger partial charge in [0, 0.05) is 12.6 Å². The van der Waals surface area contributed by atoms with Gasteiger partial charge in [0.25, 0.3) is 0 Å². The summed E-state index contributed by atoms with van der Waals surface area (Å²) in [6.07, 6.45) is 0.539. The maximum atomic E-state index is 11.6. The first-order chi connectivity index (χ1) is 8.10. The summed E-state index contributed by atoms with van der Waals surface area (Å²) < 4.78 is 0. The quantitative estimate of drug-likeness (QED) is 0.637. The Balaban J connectivity index is 4.35. The lowest BCUT2D eigenvalue weighted by molar-refractivity contribution is -0.137. The van der Waals surface area contributed by atoms with Gasteiger partial charge in [0.2, 0.25) is 0 Å². The number of amides is 2. The van der Waals surface area contributed by atoms with Crippen molar-refractivity contribution in [3.63, 3.8) is 0 Å². The molecule has 0 heterocycles. The van der Waals surface area contributed by atoms with Crippen LogP contribution < -0.4 is 10.6 Å². The fourth-order valence-electron chi connectivity index (χ4n) is 1.59. The van der Waals surface area contributed by atoms with Gasteiger partial charge in [0.05, 0.1) is 6.42 Å². The summed E-state index contributed by atoms with van der Waals surface area (Å²) in [6, 6.07) is -0.721. The fourth-order valence-corrected chi connectivity index (χ4v) is 1.59. The average molecular weight is 256 g/mol. The van der Waals surface area contributed by atoms with Crippen molar-refractivity contribution in [2.45, 2.75) is 46.6 Å². The zero-order valence-corrected chi connectivity index (χ0v) is 11.7. The molecule has 5 heteroatoms. The van der Waals surface area contributed by atoms with Crippen molar-refractivity contribution in [2.75, 3.05) is 6.54 Å². The Bertz CT molecular complexity index is 319. The molecule has 0 bridgehead atoms. The number of carboxylic acids is 1. The van der Waals surface area contributed by atoms with Crippen LogP contribution in [0.25, 0.3) is 0 Å². The van der Waals surface area contributed by atoms with Crippen LogP contribution in [0.3, 0.4) is 0 Å². The highest BCUT2D eigenvalue weighted by molar-refractivity contribution is 5.75. The Morgan fingerprint density at radius 1 is 1.33 bits per heavy atom. The van der Waals surface area contributed by atoms with E-state index in [-0.39, 0.29) is 23.9 Å². The Labute approximate surface area is 109 Å². The molecule has 0 saturated carbocycles. The topological polar surface area (TPSA) is 78.4 Å². The molecule has 3 N–H and O–H groups in total. The minimum Gasteiger partial charge on any atom is -0.481 e. The highest BCUT2D eigenvalue weighted by Crippen LogP contribution is 2.22. The smallest absolute Gasteiger partial charge is 0.315 e. The van der Waals surface area contributed by atoms with E-state index in [1.165, 1.54) is 0 Å². The Morgan fingerprint density at radius 2 is 1.89 bits per heavy atom. The predicted octanol–water partition coefficient (Wildman–Crippen LogP) is 2.14. The lowest BCUT2D eigenvalue weighted by Gasteiger charge is -2.25. The molecule has 0 fully saturated rings. The number of rotatable bonds is 6. The zero-order valence-electron chi connectivity index (χ0n) is 11.7. The molecular formula is C13H24N2O3. The van der Waals surface area contributed by atoms with Crippen LogP contribution in [0.1, 0.15) is 40.5 Å². The molecule has 18 heavy (non-hydrogen) atoms. The Morgan fingerprint density at radius 3 is 2.28 bits per heavy atom. The number of carbonyl (C=O) groups is 2. The molecule has 0 rings (SSSR count). The third kappa shape index (κ3) is 9.69. The predicted molar refractivity (Wildman–Crippen MR) is 71.5 cm³/mol. The molecule has 0 saturated heterocycles. The van der Waals surface area contributed by atoms with Gasteiger partial charge in [-0.25, -0.2) is 4.79 Å². The first-order valence-electron chi connectivity index (χ1n) is 6.00. The minimum atomic E-state index is -0.913. The fraction of sp³-hybridized carbons (Fsp3) is 0.692. The SMILES string of the molecule is C=C(C)CNC(=O)NC(CC(=O)O)CC(C)(C)C. The van der Waals surface area contributed by atoms with Crippen LogP contribution in [0, 0.1) is 5.41 Å². The van der Waals surface area contributed by atoms with Crippen LogP contribution >= 0.6 is 0 Å². The number of carbonyl (C=O) groups excluding carboxylic acids is 1. The van der Waals surface area contributed by atoms with E-state index in [9.17, 15) is 9.59 Å². The second-order valence-electron chi connectivity index (χ2n) is 5.84. The van der Waals surface area contributed by atoms with E-state index in [4.69, 9.17) is 5.11 Å². The number of aliphatic carboxylic acids is 1. The largest absolute Gasteiger partial charge is 0.481 e. The summed E-state index contributed by atoms with van der Waals surface area (Å²) in [6.45, 7) is 11.9. The minimum absolute atomic E-state index is 0.0399. The van der Waals surface area contributed by atoms with Crippen LogP contribution in [0.5, 0.6) is 0 Å². The molecule has 0 aromatic carbocycles. The van der Waals surface area contributed by atoms with Crippen molar-refractivity contribution in [3.05, 3.63) is 12.2 Å². The molecule has 0 aromatic heterocycles. The molecule has 0 spiro atoms. The maximum Gasteiger partial charge on any atom is 0.315 e. The summed E-state index contributed by atoms with van der Waals surface area (Å²) in [7, 11) is 0. The lowest BCUT2D eigenvalue weighted by atomic mass is 9.87. The van der Waals surface area contributed by atoms with Gasteiger partial charge in [-0.2, -0.15) is 0 Å². The van der Waals surface area contributed by atoms with Gasteiger partial charge in [0.15, 0.2) is 0 Å².